The van der Waals surface area contributed by atoms with Crippen LogP contribution in [-0.2, 0) is 4.74 Å². The van der Waals surface area contributed by atoms with Gasteiger partial charge in [0.15, 0.2) is 0 Å². The Balaban J connectivity index is 2.16. The number of amides is 1. The Morgan fingerprint density at radius 1 is 1.56 bits per heavy atom. The lowest BCUT2D eigenvalue weighted by atomic mass is 10.2. The summed E-state index contributed by atoms with van der Waals surface area (Å²) in [5.74, 6) is 0.762. The third-order valence-corrected chi connectivity index (χ3v) is 2.63. The molecule has 0 fully saturated rings. The maximum absolute atomic E-state index is 12.1. The third-order valence-electron chi connectivity index (χ3n) is 2.63. The van der Waals surface area contributed by atoms with E-state index in [0.717, 1.165) is 11.4 Å². The lowest BCUT2D eigenvalue weighted by Crippen LogP contribution is -2.37. The molecule has 2 rings (SSSR count). The van der Waals surface area contributed by atoms with Gasteiger partial charge in [0.2, 0.25) is 0 Å². The van der Waals surface area contributed by atoms with Crippen LogP contribution < -0.4 is 0 Å². The summed E-state index contributed by atoms with van der Waals surface area (Å²) in [6, 6.07) is -0.158. The van der Waals surface area contributed by atoms with Gasteiger partial charge in [0.1, 0.15) is 17.5 Å². The molecule has 0 saturated carbocycles. The Morgan fingerprint density at radius 2 is 2.28 bits per heavy atom. The summed E-state index contributed by atoms with van der Waals surface area (Å²) in [5, 5.41) is 0. The van der Waals surface area contributed by atoms with Crippen molar-refractivity contribution >= 4 is 6.09 Å². The maximum atomic E-state index is 12.1. The second-order valence-corrected chi connectivity index (χ2v) is 5.54. The molecule has 1 aromatic heterocycles. The normalized spacial score (nSPS) is 19.9. The summed E-state index contributed by atoms with van der Waals surface area (Å²) in [5.41, 5.74) is 0.656. The van der Waals surface area contributed by atoms with Crippen molar-refractivity contribution in [2.45, 2.75) is 39.3 Å². The number of nitrogens with zero attached hydrogens (tertiary/aromatic N) is 2. The summed E-state index contributed by atoms with van der Waals surface area (Å²) < 4.78 is 5.41. The largest absolute Gasteiger partial charge is 0.444 e. The molecule has 98 valence electrons. The van der Waals surface area contributed by atoms with Crippen LogP contribution in [0.4, 0.5) is 4.79 Å². The summed E-state index contributed by atoms with van der Waals surface area (Å²) in [4.78, 5) is 21.1. The molecule has 1 atom stereocenters. The zero-order valence-electron chi connectivity index (χ0n) is 11.2. The van der Waals surface area contributed by atoms with Crippen LogP contribution in [0.2, 0.25) is 0 Å². The van der Waals surface area contributed by atoms with E-state index in [1.807, 2.05) is 33.8 Å². The average molecular weight is 249 g/mol. The van der Waals surface area contributed by atoms with Gasteiger partial charge in [-0.05, 0) is 27.7 Å². The highest BCUT2D eigenvalue weighted by Crippen LogP contribution is 2.29. The molecule has 5 nitrogen and oxygen atoms in total. The monoisotopic (exact) mass is 249 g/mol. The molecule has 0 bridgehead atoms. The highest BCUT2D eigenvalue weighted by atomic mass is 16.6. The summed E-state index contributed by atoms with van der Waals surface area (Å²) in [6.45, 7) is 8.18. The van der Waals surface area contributed by atoms with E-state index in [4.69, 9.17) is 4.74 Å². The molecule has 1 aliphatic rings. The fourth-order valence-corrected chi connectivity index (χ4v) is 1.94. The van der Waals surface area contributed by atoms with Gasteiger partial charge >= 0.3 is 6.09 Å². The van der Waals surface area contributed by atoms with Gasteiger partial charge in [0, 0.05) is 18.9 Å². The molecule has 0 radical (unpaired) electrons. The number of aromatic nitrogens is 2. The van der Waals surface area contributed by atoms with Gasteiger partial charge in [0.25, 0.3) is 0 Å². The Bertz CT molecular complexity index is 457. The molecular formula is C13H19N3O2. The molecule has 0 aromatic carbocycles. The lowest BCUT2D eigenvalue weighted by molar-refractivity contribution is 0.0233. The molecule has 1 N–H and O–H groups in total. The average Bonchev–Trinajstić information content (AvgIpc) is 2.82. The van der Waals surface area contributed by atoms with Crippen LogP contribution in [0, 0.1) is 0 Å². The van der Waals surface area contributed by atoms with E-state index >= 15 is 0 Å². The van der Waals surface area contributed by atoms with Crippen LogP contribution in [0.3, 0.4) is 0 Å². The van der Waals surface area contributed by atoms with Crippen molar-refractivity contribution in [1.29, 1.82) is 0 Å². The lowest BCUT2D eigenvalue weighted by Gasteiger charge is -2.27. The molecule has 1 aromatic rings. The van der Waals surface area contributed by atoms with E-state index in [1.54, 1.807) is 17.3 Å². The van der Waals surface area contributed by atoms with E-state index < -0.39 is 5.60 Å². The van der Waals surface area contributed by atoms with Gasteiger partial charge in [-0.3, -0.25) is 4.90 Å². The van der Waals surface area contributed by atoms with Crippen molar-refractivity contribution < 1.29 is 9.53 Å². The van der Waals surface area contributed by atoms with Gasteiger partial charge in [0.05, 0.1) is 0 Å². The molecular weight excluding hydrogens is 230 g/mol. The number of rotatable bonds is 1. The Morgan fingerprint density at radius 3 is 2.83 bits per heavy atom. The molecule has 0 aliphatic carbocycles. The molecule has 0 unspecified atom stereocenters. The SMILES string of the molecule is CC1=C[C@@H](c2ncc[nH]2)N(C(=O)OC(C)(C)C)C1. The summed E-state index contributed by atoms with van der Waals surface area (Å²) in [6.07, 6.45) is 5.16. The standard InChI is InChI=1S/C13H19N3O2/c1-9-7-10(11-14-5-6-15-11)16(8-9)12(17)18-13(2,3)4/h5-7,10H,8H2,1-4H3,(H,14,15)/t10-/m0/s1. The number of H-pyrrole nitrogens is 1. The second-order valence-electron chi connectivity index (χ2n) is 5.54. The van der Waals surface area contributed by atoms with Crippen LogP contribution >= 0.6 is 0 Å². The van der Waals surface area contributed by atoms with E-state index in [0.29, 0.717) is 6.54 Å². The van der Waals surface area contributed by atoms with Crippen molar-refractivity contribution in [2.75, 3.05) is 6.54 Å². The first kappa shape index (κ1) is 12.7. The fraction of sp³-hybridized carbons (Fsp3) is 0.538. The van der Waals surface area contributed by atoms with Gasteiger partial charge in [-0.25, -0.2) is 9.78 Å². The fourth-order valence-electron chi connectivity index (χ4n) is 1.94. The van der Waals surface area contributed by atoms with E-state index in [2.05, 4.69) is 9.97 Å². The molecule has 0 spiro atoms. The van der Waals surface area contributed by atoms with Gasteiger partial charge < -0.3 is 9.72 Å². The molecule has 18 heavy (non-hydrogen) atoms. The smallest absolute Gasteiger partial charge is 0.411 e. The van der Waals surface area contributed by atoms with Gasteiger partial charge in [-0.15, -0.1) is 0 Å². The van der Waals surface area contributed by atoms with Crippen LogP contribution in [0.25, 0.3) is 0 Å². The zero-order chi connectivity index (χ0) is 13.3. The molecule has 5 heteroatoms. The Hall–Kier alpha value is -1.78. The minimum Gasteiger partial charge on any atom is -0.444 e. The zero-order valence-corrected chi connectivity index (χ0v) is 11.2. The summed E-state index contributed by atoms with van der Waals surface area (Å²) in [7, 11) is 0. The highest BCUT2D eigenvalue weighted by Gasteiger charge is 2.33. The van der Waals surface area contributed by atoms with E-state index in [9.17, 15) is 4.79 Å². The third kappa shape index (κ3) is 2.72. The number of hydrogen-bond donors (Lipinski definition) is 1. The van der Waals surface area contributed by atoms with Crippen molar-refractivity contribution in [3.8, 4) is 0 Å². The van der Waals surface area contributed by atoms with Crippen molar-refractivity contribution in [2.24, 2.45) is 0 Å². The second kappa shape index (κ2) is 4.48. The minimum absolute atomic E-state index is 0.158. The first-order valence-corrected chi connectivity index (χ1v) is 6.03. The van der Waals surface area contributed by atoms with Gasteiger partial charge in [-0.1, -0.05) is 11.6 Å². The van der Waals surface area contributed by atoms with Crippen LogP contribution in [-0.4, -0.2) is 33.1 Å². The number of nitrogens with one attached hydrogen (secondary N) is 1. The molecule has 1 aliphatic heterocycles. The maximum Gasteiger partial charge on any atom is 0.411 e. The first-order valence-electron chi connectivity index (χ1n) is 6.03. The van der Waals surface area contributed by atoms with E-state index in [-0.39, 0.29) is 12.1 Å². The summed E-state index contributed by atoms with van der Waals surface area (Å²) >= 11 is 0. The topological polar surface area (TPSA) is 58.2 Å². The van der Waals surface area contributed by atoms with Gasteiger partial charge in [-0.2, -0.15) is 0 Å². The molecule has 1 amide bonds. The number of imidazole rings is 1. The Kier molecular flexibility index (Phi) is 3.15. The number of ether oxygens (including phenoxy) is 1. The predicted octanol–water partition coefficient (Wildman–Crippen LogP) is 2.65. The minimum atomic E-state index is -0.485. The van der Waals surface area contributed by atoms with Crippen LogP contribution in [0.15, 0.2) is 24.0 Å². The number of carbonyl (C=O) groups excluding carboxylic acids is 1. The van der Waals surface area contributed by atoms with E-state index in [1.165, 1.54) is 0 Å². The molecule has 0 saturated heterocycles. The molecule has 2 heterocycles. The number of carbonyl (C=O) groups is 1. The van der Waals surface area contributed by atoms with Crippen LogP contribution in [0.5, 0.6) is 0 Å². The van der Waals surface area contributed by atoms with Crippen LogP contribution in [0.1, 0.15) is 39.6 Å². The van der Waals surface area contributed by atoms with Crippen molar-refractivity contribution in [1.82, 2.24) is 14.9 Å². The first-order chi connectivity index (χ1) is 8.37. The number of aromatic amines is 1. The van der Waals surface area contributed by atoms with Crippen molar-refractivity contribution in [3.05, 3.63) is 29.9 Å². The number of hydrogen-bond acceptors (Lipinski definition) is 3. The predicted molar refractivity (Wildman–Crippen MR) is 68.0 cm³/mol. The Labute approximate surface area is 107 Å². The highest BCUT2D eigenvalue weighted by molar-refractivity contribution is 5.70. The van der Waals surface area contributed by atoms with Crippen molar-refractivity contribution in [3.63, 3.8) is 0 Å². The quantitative estimate of drug-likeness (QED) is 0.778.